The first kappa shape index (κ1) is 29.6. The molecular weight excluding hydrogens is 600 g/mol. The highest BCUT2D eigenvalue weighted by Gasteiger charge is 2.66. The van der Waals surface area contributed by atoms with Crippen LogP contribution in [0.4, 0.5) is 5.69 Å². The predicted octanol–water partition coefficient (Wildman–Crippen LogP) is 7.47. The van der Waals surface area contributed by atoms with Crippen molar-refractivity contribution < 1.29 is 23.9 Å². The molecule has 1 amide bonds. The Bertz CT molecular complexity index is 2080. The molecule has 5 aromatic rings. The monoisotopic (exact) mass is 630 g/mol. The molecular formula is C38H31ClN2O5. The number of carbonyl (C=O) groups excluding carboxylic acids is 3. The summed E-state index contributed by atoms with van der Waals surface area (Å²) in [5.74, 6) is -1.93. The minimum absolute atomic E-state index is 0.00542. The largest absolute Gasteiger partial charge is 0.463 e. The summed E-state index contributed by atoms with van der Waals surface area (Å²) in [6.07, 6.45) is 0. The summed E-state index contributed by atoms with van der Waals surface area (Å²) in [6.45, 7) is 3.71. The number of carbonyl (C=O) groups is 3. The fourth-order valence-corrected chi connectivity index (χ4v) is 7.37. The average Bonchev–Trinajstić information content (AvgIpc) is 3.52. The summed E-state index contributed by atoms with van der Waals surface area (Å²) in [5.41, 5.74) is 0.907. The number of hydrogen-bond acceptors (Lipinski definition) is 6. The van der Waals surface area contributed by atoms with Crippen LogP contribution in [-0.2, 0) is 35.8 Å². The molecule has 0 fully saturated rings. The van der Waals surface area contributed by atoms with E-state index >= 15 is 0 Å². The minimum Gasteiger partial charge on any atom is -0.463 e. The first-order valence-electron chi connectivity index (χ1n) is 15.3. The fourth-order valence-electron chi connectivity index (χ4n) is 7.20. The van der Waals surface area contributed by atoms with Gasteiger partial charge in [0.15, 0.2) is 0 Å². The van der Waals surface area contributed by atoms with Gasteiger partial charge in [-0.1, -0.05) is 96.5 Å². The Hall–Kier alpha value is -5.14. The van der Waals surface area contributed by atoms with Crippen LogP contribution >= 0.6 is 11.6 Å². The SMILES string of the molecule is CCOC(=O)C1=C(C(=O)OCC)C2(C(=O)Nc3ccc(Cl)cc32)C(c2cccc3ccccc23)N1Cc1cccc2ccccc12. The van der Waals surface area contributed by atoms with Crippen LogP contribution in [0.1, 0.15) is 36.6 Å². The van der Waals surface area contributed by atoms with Crippen LogP contribution in [0.15, 0.2) is 114 Å². The number of nitrogens with one attached hydrogen (secondary N) is 1. The molecule has 46 heavy (non-hydrogen) atoms. The zero-order valence-electron chi connectivity index (χ0n) is 25.4. The molecule has 0 aliphatic carbocycles. The molecule has 1 N–H and O–H groups in total. The summed E-state index contributed by atoms with van der Waals surface area (Å²) in [7, 11) is 0. The Balaban J connectivity index is 1.62. The second kappa shape index (κ2) is 11.7. The van der Waals surface area contributed by atoms with Gasteiger partial charge in [0.2, 0.25) is 5.91 Å². The topological polar surface area (TPSA) is 84.9 Å². The number of fused-ring (bicyclic) bond motifs is 4. The van der Waals surface area contributed by atoms with Crippen molar-refractivity contribution in [3.8, 4) is 0 Å². The number of nitrogens with zero attached hydrogens (tertiary/aromatic N) is 1. The Kier molecular flexibility index (Phi) is 7.49. The number of halogens is 1. The van der Waals surface area contributed by atoms with Gasteiger partial charge in [-0.3, -0.25) is 4.79 Å². The molecule has 2 aliphatic heterocycles. The molecule has 0 saturated carbocycles. The van der Waals surface area contributed by atoms with E-state index in [1.54, 1.807) is 32.0 Å². The molecule has 1 spiro atoms. The maximum absolute atomic E-state index is 14.8. The second-order valence-electron chi connectivity index (χ2n) is 11.4. The highest BCUT2D eigenvalue weighted by Crippen LogP contribution is 2.60. The van der Waals surface area contributed by atoms with Crippen LogP contribution in [0.2, 0.25) is 5.02 Å². The standard InChI is InChI=1S/C38H31ClN2O5/c1-3-45-35(42)32-33(36(43)46-4-2)41(22-25-15-9-13-23-11-5-7-16-27(23)25)34(29-18-10-14-24-12-6-8-17-28(24)29)38(32)30-21-26(39)19-20-31(30)40-37(38)44/h5-21,34H,3-4,22H2,1-2H3,(H,40,44). The molecule has 5 aromatic carbocycles. The van der Waals surface area contributed by atoms with Crippen LogP contribution in [0.25, 0.3) is 21.5 Å². The smallest absolute Gasteiger partial charge is 0.355 e. The highest BCUT2D eigenvalue weighted by atomic mass is 35.5. The molecule has 230 valence electrons. The molecule has 0 bridgehead atoms. The molecule has 0 saturated heterocycles. The summed E-state index contributed by atoms with van der Waals surface area (Å²) in [4.78, 5) is 45.1. The van der Waals surface area contributed by atoms with Gasteiger partial charge in [-0.05, 0) is 70.3 Å². The lowest BCUT2D eigenvalue weighted by molar-refractivity contribution is -0.143. The number of ether oxygens (including phenoxy) is 2. The highest BCUT2D eigenvalue weighted by molar-refractivity contribution is 6.31. The van der Waals surface area contributed by atoms with E-state index in [-0.39, 0.29) is 31.0 Å². The Labute approximate surface area is 271 Å². The number of rotatable bonds is 7. The quantitative estimate of drug-likeness (QED) is 0.188. The molecule has 2 aliphatic rings. The Morgan fingerprint density at radius 1 is 0.804 bits per heavy atom. The van der Waals surface area contributed by atoms with Crippen LogP contribution < -0.4 is 5.32 Å². The molecule has 2 heterocycles. The molecule has 0 aromatic heterocycles. The zero-order chi connectivity index (χ0) is 32.0. The van der Waals surface area contributed by atoms with E-state index in [1.807, 2.05) is 89.8 Å². The summed E-state index contributed by atoms with van der Waals surface area (Å²) in [6, 6.07) is 32.0. The fraction of sp³-hybridized carbons (Fsp3) is 0.184. The zero-order valence-corrected chi connectivity index (χ0v) is 26.1. The lowest BCUT2D eigenvalue weighted by atomic mass is 9.68. The van der Waals surface area contributed by atoms with Gasteiger partial charge in [-0.15, -0.1) is 0 Å². The number of benzene rings is 5. The van der Waals surface area contributed by atoms with Crippen LogP contribution in [0, 0.1) is 0 Å². The lowest BCUT2D eigenvalue weighted by Crippen LogP contribution is -2.45. The van der Waals surface area contributed by atoms with Gasteiger partial charge >= 0.3 is 11.9 Å². The van der Waals surface area contributed by atoms with Gasteiger partial charge in [-0.25, -0.2) is 9.59 Å². The van der Waals surface area contributed by atoms with E-state index in [1.165, 1.54) is 0 Å². The maximum atomic E-state index is 14.8. The van der Waals surface area contributed by atoms with Crippen molar-refractivity contribution in [3.63, 3.8) is 0 Å². The van der Waals surface area contributed by atoms with Crippen molar-refractivity contribution in [2.45, 2.75) is 31.8 Å². The van der Waals surface area contributed by atoms with E-state index in [9.17, 15) is 14.4 Å². The van der Waals surface area contributed by atoms with Gasteiger partial charge in [0.25, 0.3) is 0 Å². The van der Waals surface area contributed by atoms with E-state index in [2.05, 4.69) is 5.32 Å². The molecule has 2 atom stereocenters. The number of anilines is 1. The maximum Gasteiger partial charge on any atom is 0.355 e. The third-order valence-electron chi connectivity index (χ3n) is 8.94. The van der Waals surface area contributed by atoms with Gasteiger partial charge < -0.3 is 19.7 Å². The molecule has 7 nitrogen and oxygen atoms in total. The summed E-state index contributed by atoms with van der Waals surface area (Å²) >= 11 is 6.61. The van der Waals surface area contributed by atoms with Crippen LogP contribution in [0.5, 0.6) is 0 Å². The lowest BCUT2D eigenvalue weighted by Gasteiger charge is -2.38. The number of hydrogen-bond donors (Lipinski definition) is 1. The number of amides is 1. The first-order valence-corrected chi connectivity index (χ1v) is 15.7. The van der Waals surface area contributed by atoms with Crippen molar-refractivity contribution in [3.05, 3.63) is 136 Å². The van der Waals surface area contributed by atoms with Crippen molar-refractivity contribution >= 4 is 56.7 Å². The van der Waals surface area contributed by atoms with E-state index in [0.29, 0.717) is 16.3 Å². The van der Waals surface area contributed by atoms with Crippen molar-refractivity contribution in [1.82, 2.24) is 4.90 Å². The van der Waals surface area contributed by atoms with Crippen molar-refractivity contribution in [2.24, 2.45) is 0 Å². The normalized spacial score (nSPS) is 18.7. The molecule has 7 rings (SSSR count). The van der Waals surface area contributed by atoms with Gasteiger partial charge in [0.05, 0.1) is 24.8 Å². The number of esters is 2. The minimum atomic E-state index is -1.71. The predicted molar refractivity (Wildman–Crippen MR) is 178 cm³/mol. The summed E-state index contributed by atoms with van der Waals surface area (Å²) < 4.78 is 11.3. The van der Waals surface area contributed by atoms with Gasteiger partial charge in [0.1, 0.15) is 11.1 Å². The average molecular weight is 631 g/mol. The van der Waals surface area contributed by atoms with Gasteiger partial charge in [0, 0.05) is 17.3 Å². The second-order valence-corrected chi connectivity index (χ2v) is 11.8. The third-order valence-corrected chi connectivity index (χ3v) is 9.18. The third kappa shape index (κ3) is 4.45. The van der Waals surface area contributed by atoms with E-state index in [0.717, 1.165) is 32.7 Å². The Morgan fingerprint density at radius 3 is 2.17 bits per heavy atom. The van der Waals surface area contributed by atoms with Gasteiger partial charge in [-0.2, -0.15) is 0 Å². The molecule has 8 heteroatoms. The van der Waals surface area contributed by atoms with Crippen LogP contribution in [-0.4, -0.2) is 36.0 Å². The van der Waals surface area contributed by atoms with Crippen molar-refractivity contribution in [2.75, 3.05) is 18.5 Å². The molecule has 2 unspecified atom stereocenters. The summed E-state index contributed by atoms with van der Waals surface area (Å²) in [5, 5.41) is 7.26. The van der Waals surface area contributed by atoms with Crippen molar-refractivity contribution in [1.29, 1.82) is 0 Å². The van der Waals surface area contributed by atoms with Crippen LogP contribution in [0.3, 0.4) is 0 Å². The first-order chi connectivity index (χ1) is 22.4. The van der Waals surface area contributed by atoms with E-state index < -0.39 is 29.3 Å². The Morgan fingerprint density at radius 2 is 1.43 bits per heavy atom. The molecule has 0 radical (unpaired) electrons. The van der Waals surface area contributed by atoms with E-state index in [4.69, 9.17) is 21.1 Å².